The topological polar surface area (TPSA) is 144 Å². The fourth-order valence-corrected chi connectivity index (χ4v) is 7.38. The van der Waals surface area contributed by atoms with Gasteiger partial charge in [-0.15, -0.1) is 0 Å². The molecule has 0 radical (unpaired) electrons. The van der Waals surface area contributed by atoms with Gasteiger partial charge in [-0.05, 0) is 63.0 Å². The Morgan fingerprint density at radius 3 is 2.55 bits per heavy atom. The number of hydrogen-bond acceptors (Lipinski definition) is 8. The molecule has 13 heteroatoms. The number of nitrogens with zero attached hydrogens (tertiary/aromatic N) is 2. The van der Waals surface area contributed by atoms with Gasteiger partial charge < -0.3 is 29.7 Å². The highest BCUT2D eigenvalue weighted by molar-refractivity contribution is 5.96. The van der Waals surface area contributed by atoms with Crippen molar-refractivity contribution in [3.8, 4) is 0 Å². The van der Waals surface area contributed by atoms with E-state index in [0.717, 1.165) is 44.9 Å². The third-order valence-corrected chi connectivity index (χ3v) is 10.1. The number of esters is 1. The molecule has 1 aromatic carbocycles. The molecule has 0 bridgehead atoms. The molecule has 254 valence electrons. The fourth-order valence-electron chi connectivity index (χ4n) is 7.38. The van der Waals surface area contributed by atoms with Crippen LogP contribution in [0.15, 0.2) is 30.4 Å². The summed E-state index contributed by atoms with van der Waals surface area (Å²) in [5, 5.41) is 5.63. The van der Waals surface area contributed by atoms with Crippen LogP contribution in [0.25, 0.3) is 0 Å². The standard InChI is InChI=1S/C34H43FN4O8/c1-45-31(42)34-17-22(34)11-5-3-2-4-6-15-27(36-32(43)46-23-12-7-8-13-23)30(41)39-19-24(16-28(39)29(40)37-34)47-33(44)38-18-21-10-9-14-26(35)25(21)20-38/h5,9-11,14,22-24,27-28H,2-4,6-8,12-13,15-20H2,1H3,(H,36,43)(H,37,40)/b11-5-/t22?,24-,27+,28+,34-/m1/s1. The number of carbonyl (C=O) groups excluding carboxylic acids is 5. The van der Waals surface area contributed by atoms with Crippen molar-refractivity contribution < 1.29 is 42.6 Å². The summed E-state index contributed by atoms with van der Waals surface area (Å²) in [5.74, 6) is -2.28. The predicted molar refractivity (Wildman–Crippen MR) is 165 cm³/mol. The van der Waals surface area contributed by atoms with E-state index >= 15 is 0 Å². The van der Waals surface area contributed by atoms with Crippen LogP contribution in [0, 0.1) is 11.7 Å². The number of ether oxygens (including phenoxy) is 3. The molecule has 12 nitrogen and oxygen atoms in total. The normalized spacial score (nSPS) is 30.2. The lowest BCUT2D eigenvalue weighted by atomic mass is 10.0. The summed E-state index contributed by atoms with van der Waals surface area (Å²) in [5.41, 5.74) is -0.132. The van der Waals surface area contributed by atoms with E-state index in [1.807, 2.05) is 12.2 Å². The first-order chi connectivity index (χ1) is 22.7. The zero-order chi connectivity index (χ0) is 33.1. The van der Waals surface area contributed by atoms with Gasteiger partial charge in [0.05, 0.1) is 20.2 Å². The molecule has 4 amide bonds. The summed E-state index contributed by atoms with van der Waals surface area (Å²) in [6, 6.07) is 2.64. The van der Waals surface area contributed by atoms with E-state index in [1.165, 1.54) is 23.0 Å². The number of fused-ring (bicyclic) bond motifs is 3. The number of carbonyl (C=O) groups is 5. The molecule has 0 aromatic heterocycles. The van der Waals surface area contributed by atoms with Crippen LogP contribution in [0.3, 0.4) is 0 Å². The van der Waals surface area contributed by atoms with Crippen LogP contribution in [-0.2, 0) is 41.7 Å². The fraction of sp³-hybridized carbons (Fsp3) is 0.618. The van der Waals surface area contributed by atoms with E-state index in [0.29, 0.717) is 30.4 Å². The first kappa shape index (κ1) is 32.8. The van der Waals surface area contributed by atoms with Crippen LogP contribution in [0.2, 0.25) is 0 Å². The first-order valence-electron chi connectivity index (χ1n) is 16.7. The molecule has 5 aliphatic rings. The van der Waals surface area contributed by atoms with Gasteiger partial charge in [0, 0.05) is 24.4 Å². The van der Waals surface area contributed by atoms with Gasteiger partial charge in [-0.3, -0.25) is 14.5 Å². The Morgan fingerprint density at radius 1 is 1.00 bits per heavy atom. The smallest absolute Gasteiger partial charge is 0.410 e. The van der Waals surface area contributed by atoms with Crippen molar-refractivity contribution in [2.24, 2.45) is 5.92 Å². The van der Waals surface area contributed by atoms with E-state index in [9.17, 15) is 28.4 Å². The average molecular weight is 655 g/mol. The van der Waals surface area contributed by atoms with Gasteiger partial charge in [-0.2, -0.15) is 0 Å². The van der Waals surface area contributed by atoms with Crippen LogP contribution in [0.4, 0.5) is 14.0 Å². The van der Waals surface area contributed by atoms with Crippen molar-refractivity contribution in [2.45, 2.75) is 114 Å². The summed E-state index contributed by atoms with van der Waals surface area (Å²) >= 11 is 0. The third kappa shape index (κ3) is 7.08. The summed E-state index contributed by atoms with van der Waals surface area (Å²) in [6.45, 7) is 0.130. The van der Waals surface area contributed by atoms with E-state index in [-0.39, 0.29) is 38.1 Å². The molecular formula is C34H43FN4O8. The van der Waals surface area contributed by atoms with E-state index in [2.05, 4.69) is 10.6 Å². The monoisotopic (exact) mass is 654 g/mol. The summed E-state index contributed by atoms with van der Waals surface area (Å²) < 4.78 is 30.8. The summed E-state index contributed by atoms with van der Waals surface area (Å²) in [7, 11) is 1.27. The molecule has 3 aliphatic heterocycles. The maximum atomic E-state index is 14.3. The van der Waals surface area contributed by atoms with E-state index in [1.54, 1.807) is 12.1 Å². The van der Waals surface area contributed by atoms with Crippen LogP contribution in [-0.4, -0.2) is 83.3 Å². The molecule has 2 N–H and O–H groups in total. The number of alkyl carbamates (subject to hydrolysis) is 1. The number of nitrogens with one attached hydrogen (secondary N) is 2. The van der Waals surface area contributed by atoms with Crippen molar-refractivity contribution in [3.05, 3.63) is 47.3 Å². The number of halogens is 1. The predicted octanol–water partition coefficient (Wildman–Crippen LogP) is 3.85. The molecule has 47 heavy (non-hydrogen) atoms. The van der Waals surface area contributed by atoms with Crippen LogP contribution in [0.1, 0.15) is 81.8 Å². The third-order valence-electron chi connectivity index (χ3n) is 10.1. The lowest BCUT2D eigenvalue weighted by molar-refractivity contribution is -0.148. The number of methoxy groups -OCH3 is 1. The molecule has 1 aromatic rings. The highest BCUT2D eigenvalue weighted by atomic mass is 19.1. The van der Waals surface area contributed by atoms with Crippen LogP contribution >= 0.6 is 0 Å². The number of benzene rings is 1. The second-order valence-electron chi connectivity index (χ2n) is 13.3. The Morgan fingerprint density at radius 2 is 1.79 bits per heavy atom. The first-order valence-corrected chi connectivity index (χ1v) is 16.7. The zero-order valence-corrected chi connectivity index (χ0v) is 26.7. The molecule has 0 spiro atoms. The minimum Gasteiger partial charge on any atom is -0.467 e. The molecule has 1 saturated heterocycles. The van der Waals surface area contributed by atoms with Gasteiger partial charge in [-0.25, -0.2) is 18.8 Å². The Labute approximate surface area is 273 Å². The number of hydrogen-bond donors (Lipinski definition) is 2. The largest absolute Gasteiger partial charge is 0.467 e. The minimum atomic E-state index is -1.25. The van der Waals surface area contributed by atoms with E-state index < -0.39 is 59.5 Å². The summed E-state index contributed by atoms with van der Waals surface area (Å²) in [4.78, 5) is 69.9. The van der Waals surface area contributed by atoms with Gasteiger partial charge in [0.2, 0.25) is 11.8 Å². The summed E-state index contributed by atoms with van der Waals surface area (Å²) in [6.07, 6.45) is 8.79. The Bertz CT molecular complexity index is 1430. The number of amides is 4. The minimum absolute atomic E-state index is 0.0184. The molecule has 5 atom stereocenters. The maximum Gasteiger partial charge on any atom is 0.410 e. The zero-order valence-electron chi connectivity index (χ0n) is 26.7. The van der Waals surface area contributed by atoms with Gasteiger partial charge in [-0.1, -0.05) is 37.1 Å². The van der Waals surface area contributed by atoms with Crippen molar-refractivity contribution in [3.63, 3.8) is 0 Å². The Kier molecular flexibility index (Phi) is 9.70. The quantitative estimate of drug-likeness (QED) is 0.283. The Hall–Kier alpha value is -4.16. The van der Waals surface area contributed by atoms with E-state index in [4.69, 9.17) is 14.2 Å². The lowest BCUT2D eigenvalue weighted by Crippen LogP contribution is -2.56. The van der Waals surface area contributed by atoms with Crippen molar-refractivity contribution >= 4 is 30.0 Å². The van der Waals surface area contributed by atoms with Crippen LogP contribution < -0.4 is 10.6 Å². The highest BCUT2D eigenvalue weighted by Crippen LogP contribution is 2.46. The SMILES string of the molecule is COC(=O)[C@@]12CC1/C=C\CCCCC[C@H](NC(=O)OC1CCCC1)C(=O)N1C[C@H](OC(=O)N3Cc4cccc(F)c4C3)C[C@H]1C(=O)N2. The van der Waals surface area contributed by atoms with Gasteiger partial charge >= 0.3 is 18.2 Å². The molecule has 2 saturated carbocycles. The molecule has 6 rings (SSSR count). The second-order valence-corrected chi connectivity index (χ2v) is 13.3. The average Bonchev–Trinajstić information content (AvgIpc) is 3.49. The van der Waals surface area contributed by atoms with Crippen molar-refractivity contribution in [1.82, 2.24) is 20.4 Å². The van der Waals surface area contributed by atoms with Gasteiger partial charge in [0.1, 0.15) is 35.6 Å². The van der Waals surface area contributed by atoms with Gasteiger partial charge in [0.25, 0.3) is 0 Å². The molecule has 3 fully saturated rings. The number of rotatable bonds is 4. The number of allylic oxidation sites excluding steroid dienone is 1. The molecule has 1 unspecified atom stereocenters. The molecule has 2 aliphatic carbocycles. The van der Waals surface area contributed by atoms with Crippen molar-refractivity contribution in [1.29, 1.82) is 0 Å². The molecular weight excluding hydrogens is 611 g/mol. The molecule has 3 heterocycles. The van der Waals surface area contributed by atoms with Crippen LogP contribution in [0.5, 0.6) is 0 Å². The Balaban J connectivity index is 1.22. The lowest BCUT2D eigenvalue weighted by Gasteiger charge is -2.29. The highest BCUT2D eigenvalue weighted by Gasteiger charge is 2.62. The van der Waals surface area contributed by atoms with Crippen molar-refractivity contribution in [2.75, 3.05) is 13.7 Å². The van der Waals surface area contributed by atoms with Gasteiger partial charge in [0.15, 0.2) is 0 Å². The maximum absolute atomic E-state index is 14.3. The second kappa shape index (κ2) is 13.9.